The van der Waals surface area contributed by atoms with Crippen molar-refractivity contribution in [1.82, 2.24) is 0 Å². The molecule has 138 valence electrons. The standard InChI is InChI=1S/C23H21ClO3/c1-16-5-11-21(22(24)13-16)19-4-2-3-18(14-19)15-27-20-9-6-17(7-10-20)8-12-23(25)26/h2-7,9-11,13-14H,8,12,15H2,1H3,(H,25,26)/i12D2. The van der Waals surface area contributed by atoms with Gasteiger partial charge in [0.05, 0.1) is 0 Å². The van der Waals surface area contributed by atoms with Crippen molar-refractivity contribution in [2.45, 2.75) is 26.3 Å². The second kappa shape index (κ2) is 8.74. The topological polar surface area (TPSA) is 46.5 Å². The second-order valence-electron chi connectivity index (χ2n) is 6.28. The fraction of sp³-hybridized carbons (Fsp3) is 0.174. The van der Waals surface area contributed by atoms with Crippen LogP contribution in [-0.4, -0.2) is 11.1 Å². The van der Waals surface area contributed by atoms with E-state index in [0.29, 0.717) is 22.9 Å². The van der Waals surface area contributed by atoms with Gasteiger partial charge >= 0.3 is 5.97 Å². The molecule has 0 aliphatic heterocycles. The Morgan fingerprint density at radius 2 is 1.85 bits per heavy atom. The Balaban J connectivity index is 1.67. The van der Waals surface area contributed by atoms with Crippen molar-refractivity contribution < 1.29 is 17.4 Å². The number of carboxylic acids is 1. The van der Waals surface area contributed by atoms with Crippen LogP contribution in [0, 0.1) is 6.92 Å². The molecule has 3 aromatic rings. The molecule has 0 aliphatic rings. The number of benzene rings is 3. The number of hydrogen-bond donors (Lipinski definition) is 1. The number of aliphatic carboxylic acids is 1. The Morgan fingerprint density at radius 3 is 2.56 bits per heavy atom. The van der Waals surface area contributed by atoms with Gasteiger partial charge in [0.15, 0.2) is 0 Å². The molecule has 0 saturated heterocycles. The highest BCUT2D eigenvalue weighted by Crippen LogP contribution is 2.29. The van der Waals surface area contributed by atoms with Crippen LogP contribution in [0.15, 0.2) is 66.7 Å². The third kappa shape index (κ3) is 5.35. The van der Waals surface area contributed by atoms with Crippen molar-refractivity contribution in [3.8, 4) is 16.9 Å². The van der Waals surface area contributed by atoms with Gasteiger partial charge in [-0.25, -0.2) is 0 Å². The van der Waals surface area contributed by atoms with Gasteiger partial charge in [-0.15, -0.1) is 0 Å². The molecular weight excluding hydrogens is 360 g/mol. The molecule has 27 heavy (non-hydrogen) atoms. The van der Waals surface area contributed by atoms with Crippen molar-refractivity contribution in [3.63, 3.8) is 0 Å². The zero-order valence-corrected chi connectivity index (χ0v) is 15.7. The Morgan fingerprint density at radius 1 is 1.07 bits per heavy atom. The molecule has 0 aromatic heterocycles. The summed E-state index contributed by atoms with van der Waals surface area (Å²) in [6.45, 7) is 2.37. The van der Waals surface area contributed by atoms with Gasteiger partial charge in [-0.3, -0.25) is 4.79 Å². The molecule has 0 amide bonds. The van der Waals surface area contributed by atoms with E-state index < -0.39 is 12.3 Å². The molecule has 3 nitrogen and oxygen atoms in total. The summed E-state index contributed by atoms with van der Waals surface area (Å²) in [5.41, 5.74) is 4.68. The van der Waals surface area contributed by atoms with E-state index in [1.54, 1.807) is 24.3 Å². The largest absolute Gasteiger partial charge is 0.489 e. The van der Waals surface area contributed by atoms with Crippen LogP contribution in [0.25, 0.3) is 11.1 Å². The Bertz CT molecular complexity index is 1020. The van der Waals surface area contributed by atoms with Crippen LogP contribution < -0.4 is 4.74 Å². The van der Waals surface area contributed by atoms with Gasteiger partial charge < -0.3 is 9.84 Å². The maximum atomic E-state index is 10.9. The maximum absolute atomic E-state index is 10.9. The van der Waals surface area contributed by atoms with E-state index >= 15 is 0 Å². The van der Waals surface area contributed by atoms with Crippen molar-refractivity contribution in [2.75, 3.05) is 0 Å². The van der Waals surface area contributed by atoms with E-state index in [9.17, 15) is 4.79 Å². The Hall–Kier alpha value is -2.78. The summed E-state index contributed by atoms with van der Waals surface area (Å²) in [6, 6.07) is 20.7. The van der Waals surface area contributed by atoms with Crippen LogP contribution in [0.3, 0.4) is 0 Å². The highest BCUT2D eigenvalue weighted by Gasteiger charge is 2.05. The molecule has 0 atom stereocenters. The summed E-state index contributed by atoms with van der Waals surface area (Å²) in [6.07, 6.45) is -2.48. The minimum atomic E-state index is -2.29. The average molecular weight is 383 g/mol. The summed E-state index contributed by atoms with van der Waals surface area (Å²) in [5.74, 6) is -0.838. The van der Waals surface area contributed by atoms with Crippen molar-refractivity contribution in [2.24, 2.45) is 0 Å². The monoisotopic (exact) mass is 382 g/mol. The lowest BCUT2D eigenvalue weighted by atomic mass is 10.0. The number of carboxylic acid groups (broad SMARTS) is 1. The Labute approximate surface area is 167 Å². The minimum absolute atomic E-state index is 0.192. The first-order valence-electron chi connectivity index (χ1n) is 9.55. The number of halogens is 1. The van der Waals surface area contributed by atoms with Gasteiger partial charge in [-0.1, -0.05) is 54.1 Å². The minimum Gasteiger partial charge on any atom is -0.489 e. The van der Waals surface area contributed by atoms with Crippen LogP contribution in [0.5, 0.6) is 5.75 Å². The summed E-state index contributed by atoms with van der Waals surface area (Å²) in [7, 11) is 0. The van der Waals surface area contributed by atoms with E-state index in [0.717, 1.165) is 22.3 Å². The lowest BCUT2D eigenvalue weighted by molar-refractivity contribution is -0.136. The molecule has 3 rings (SSSR count). The third-order valence-corrected chi connectivity index (χ3v) is 4.45. The SMILES string of the molecule is [2H]C([2H])(Cc1ccc(OCc2cccc(-c3ccc(C)cc3Cl)c2)cc1)C(=O)O. The molecule has 3 aromatic carbocycles. The van der Waals surface area contributed by atoms with Crippen LogP contribution in [0.1, 0.15) is 25.8 Å². The first kappa shape index (κ1) is 16.4. The van der Waals surface area contributed by atoms with E-state index in [1.807, 2.05) is 49.4 Å². The van der Waals surface area contributed by atoms with Crippen LogP contribution in [0.4, 0.5) is 0 Å². The molecule has 0 radical (unpaired) electrons. The molecule has 0 saturated carbocycles. The smallest absolute Gasteiger partial charge is 0.303 e. The lowest BCUT2D eigenvalue weighted by Crippen LogP contribution is -1.98. The van der Waals surface area contributed by atoms with E-state index in [-0.39, 0.29) is 6.42 Å². The first-order valence-corrected chi connectivity index (χ1v) is 8.93. The number of rotatable bonds is 7. The molecule has 4 heteroatoms. The summed E-state index contributed by atoms with van der Waals surface area (Å²) < 4.78 is 20.8. The van der Waals surface area contributed by atoms with Gasteiger partial charge in [0, 0.05) is 19.7 Å². The van der Waals surface area contributed by atoms with E-state index in [4.69, 9.17) is 24.2 Å². The predicted octanol–water partition coefficient (Wildman–Crippen LogP) is 5.91. The molecule has 0 bridgehead atoms. The van der Waals surface area contributed by atoms with Crippen LogP contribution >= 0.6 is 11.6 Å². The van der Waals surface area contributed by atoms with Gasteiger partial charge in [-0.2, -0.15) is 0 Å². The highest BCUT2D eigenvalue weighted by atomic mass is 35.5. The molecule has 0 aliphatic carbocycles. The summed E-state index contributed by atoms with van der Waals surface area (Å²) >= 11 is 6.37. The zero-order valence-electron chi connectivity index (χ0n) is 16.9. The molecule has 1 N–H and O–H groups in total. The van der Waals surface area contributed by atoms with E-state index in [2.05, 4.69) is 0 Å². The highest BCUT2D eigenvalue weighted by molar-refractivity contribution is 6.33. The fourth-order valence-electron chi connectivity index (χ4n) is 2.73. The predicted molar refractivity (Wildman–Crippen MR) is 108 cm³/mol. The zero-order chi connectivity index (χ0) is 21.0. The van der Waals surface area contributed by atoms with Crippen molar-refractivity contribution in [3.05, 3.63) is 88.4 Å². The van der Waals surface area contributed by atoms with E-state index in [1.165, 1.54) is 0 Å². The second-order valence-corrected chi connectivity index (χ2v) is 6.68. The lowest BCUT2D eigenvalue weighted by Gasteiger charge is -2.10. The normalized spacial score (nSPS) is 12.2. The number of carbonyl (C=O) groups is 1. The van der Waals surface area contributed by atoms with Crippen molar-refractivity contribution in [1.29, 1.82) is 0 Å². The summed E-state index contributed by atoms with van der Waals surface area (Å²) in [4.78, 5) is 10.9. The van der Waals surface area contributed by atoms with Gasteiger partial charge in [-0.05, 0) is 59.9 Å². The van der Waals surface area contributed by atoms with Crippen molar-refractivity contribution >= 4 is 17.6 Å². The average Bonchev–Trinajstić information content (AvgIpc) is 2.67. The molecule has 0 heterocycles. The van der Waals surface area contributed by atoms with Gasteiger partial charge in [0.25, 0.3) is 0 Å². The third-order valence-electron chi connectivity index (χ3n) is 4.14. The Kier molecular flexibility index (Phi) is 5.31. The fourth-order valence-corrected chi connectivity index (χ4v) is 3.07. The van der Waals surface area contributed by atoms with Crippen LogP contribution in [0.2, 0.25) is 5.02 Å². The maximum Gasteiger partial charge on any atom is 0.303 e. The number of ether oxygens (including phenoxy) is 1. The number of hydrogen-bond acceptors (Lipinski definition) is 2. The summed E-state index contributed by atoms with van der Waals surface area (Å²) in [5, 5.41) is 9.60. The molecule has 0 fully saturated rings. The van der Waals surface area contributed by atoms with Gasteiger partial charge in [0.1, 0.15) is 12.4 Å². The molecule has 0 spiro atoms. The molecule has 0 unspecified atom stereocenters. The van der Waals surface area contributed by atoms with Gasteiger partial charge in [0.2, 0.25) is 0 Å². The molecular formula is C23H21ClO3. The van der Waals surface area contributed by atoms with Crippen LogP contribution in [-0.2, 0) is 17.8 Å². The number of aryl methyl sites for hydroxylation is 2. The first-order chi connectivity index (χ1) is 13.7. The quantitative estimate of drug-likeness (QED) is 0.552.